The minimum Gasteiger partial charge on any atom is -0.435 e. The molecule has 0 radical (unpaired) electrons. The zero-order valence-electron chi connectivity index (χ0n) is 20.3. The van der Waals surface area contributed by atoms with E-state index in [1.165, 1.54) is 27.5 Å². The largest absolute Gasteiger partial charge is 0.435 e. The normalized spacial score (nSPS) is 15.5. The van der Waals surface area contributed by atoms with Crippen LogP contribution in [0.2, 0.25) is 0 Å². The third-order valence-corrected chi connectivity index (χ3v) is 7.76. The molecule has 0 amide bonds. The van der Waals surface area contributed by atoms with E-state index in [-0.39, 0.29) is 10.8 Å². The smallest absolute Gasteiger partial charge is 0.326 e. The summed E-state index contributed by atoms with van der Waals surface area (Å²) >= 11 is 0. The van der Waals surface area contributed by atoms with Crippen LogP contribution in [0, 0.1) is 0 Å². The average Bonchev–Trinajstić information content (AvgIpc) is 2.77. The summed E-state index contributed by atoms with van der Waals surface area (Å²) in [5, 5.41) is 3.56. The van der Waals surface area contributed by atoms with Crippen molar-refractivity contribution in [3.05, 3.63) is 90.0 Å². The molecular weight excluding hydrogens is 423 g/mol. The molecule has 0 saturated carbocycles. The van der Waals surface area contributed by atoms with Crippen LogP contribution >= 0.6 is 8.38 Å². The molecular formula is C30H31O2P. The SMILES string of the molecule is CC(C)(C)c1ccc2cc(OP3Oc4ccccc4-c4ccccc43)c(C(C)(C)C)cc2c1. The molecule has 0 aromatic heterocycles. The Morgan fingerprint density at radius 1 is 0.667 bits per heavy atom. The molecule has 0 saturated heterocycles. The highest BCUT2D eigenvalue weighted by atomic mass is 31.2. The van der Waals surface area contributed by atoms with Gasteiger partial charge in [0.05, 0.1) is 5.30 Å². The second-order valence-electron chi connectivity index (χ2n) is 10.9. The summed E-state index contributed by atoms with van der Waals surface area (Å²) in [5.74, 6) is 1.79. The average molecular weight is 455 g/mol. The molecule has 0 aliphatic carbocycles. The molecule has 5 rings (SSSR count). The van der Waals surface area contributed by atoms with Gasteiger partial charge in [-0.2, -0.15) is 0 Å². The van der Waals surface area contributed by atoms with Gasteiger partial charge < -0.3 is 9.05 Å². The Labute approximate surface area is 198 Å². The molecule has 4 aromatic rings. The van der Waals surface area contributed by atoms with Crippen molar-refractivity contribution >= 4 is 24.5 Å². The first kappa shape index (κ1) is 22.0. The fraction of sp³-hybridized carbons (Fsp3) is 0.267. The van der Waals surface area contributed by atoms with Crippen LogP contribution in [0.1, 0.15) is 52.7 Å². The maximum Gasteiger partial charge on any atom is 0.326 e. The second kappa shape index (κ2) is 7.89. The van der Waals surface area contributed by atoms with E-state index in [2.05, 4.69) is 108 Å². The van der Waals surface area contributed by atoms with Crippen molar-refractivity contribution in [3.8, 4) is 22.6 Å². The van der Waals surface area contributed by atoms with Gasteiger partial charge in [0.15, 0.2) is 0 Å². The van der Waals surface area contributed by atoms with Crippen molar-refractivity contribution in [2.45, 2.75) is 52.4 Å². The molecule has 33 heavy (non-hydrogen) atoms. The van der Waals surface area contributed by atoms with Crippen molar-refractivity contribution in [1.82, 2.24) is 0 Å². The zero-order chi connectivity index (χ0) is 23.4. The Kier molecular flexibility index (Phi) is 5.26. The maximum absolute atomic E-state index is 6.74. The summed E-state index contributed by atoms with van der Waals surface area (Å²) < 4.78 is 13.2. The number of benzene rings is 4. The Morgan fingerprint density at radius 2 is 1.36 bits per heavy atom. The summed E-state index contributed by atoms with van der Waals surface area (Å²) in [6, 6.07) is 27.9. The third-order valence-electron chi connectivity index (χ3n) is 6.25. The molecule has 3 heteroatoms. The van der Waals surface area contributed by atoms with Crippen LogP contribution < -0.4 is 14.4 Å². The molecule has 1 atom stereocenters. The van der Waals surface area contributed by atoms with Crippen molar-refractivity contribution in [3.63, 3.8) is 0 Å². The molecule has 0 N–H and O–H groups in total. The number of para-hydroxylation sites is 1. The Balaban J connectivity index is 1.62. The Hall–Kier alpha value is -2.83. The molecule has 0 bridgehead atoms. The first-order valence-corrected chi connectivity index (χ1v) is 12.7. The van der Waals surface area contributed by atoms with Crippen molar-refractivity contribution < 1.29 is 9.05 Å². The fourth-order valence-electron chi connectivity index (χ4n) is 4.33. The van der Waals surface area contributed by atoms with Gasteiger partial charge in [0.1, 0.15) is 11.5 Å². The fourth-order valence-corrected chi connectivity index (χ4v) is 5.83. The first-order valence-electron chi connectivity index (χ1n) is 11.5. The summed E-state index contributed by atoms with van der Waals surface area (Å²) in [7, 11) is -1.29. The number of rotatable bonds is 2. The Bertz CT molecular complexity index is 1340. The van der Waals surface area contributed by atoms with Crippen molar-refractivity contribution in [2.75, 3.05) is 0 Å². The van der Waals surface area contributed by atoms with Gasteiger partial charge in [-0.25, -0.2) is 0 Å². The molecule has 2 nitrogen and oxygen atoms in total. The summed E-state index contributed by atoms with van der Waals surface area (Å²) in [6.07, 6.45) is 0. The van der Waals surface area contributed by atoms with E-state index in [0.29, 0.717) is 0 Å². The van der Waals surface area contributed by atoms with Gasteiger partial charge in [-0.15, -0.1) is 0 Å². The first-order chi connectivity index (χ1) is 15.6. The number of hydrogen-bond donors (Lipinski definition) is 0. The minimum absolute atomic E-state index is 0.0657. The van der Waals surface area contributed by atoms with E-state index in [4.69, 9.17) is 9.05 Å². The van der Waals surface area contributed by atoms with Crippen LogP contribution in [0.25, 0.3) is 21.9 Å². The van der Waals surface area contributed by atoms with Crippen LogP contribution in [-0.2, 0) is 10.8 Å². The van der Waals surface area contributed by atoms with E-state index < -0.39 is 8.38 Å². The van der Waals surface area contributed by atoms with Gasteiger partial charge in [0, 0.05) is 11.1 Å². The minimum atomic E-state index is -1.29. The number of fused-ring (bicyclic) bond motifs is 4. The lowest BCUT2D eigenvalue weighted by Crippen LogP contribution is -2.19. The maximum atomic E-state index is 6.74. The lowest BCUT2D eigenvalue weighted by Gasteiger charge is -2.30. The molecule has 168 valence electrons. The predicted molar refractivity (Wildman–Crippen MR) is 141 cm³/mol. The molecule has 1 unspecified atom stereocenters. The van der Waals surface area contributed by atoms with Crippen LogP contribution in [-0.4, -0.2) is 0 Å². The second-order valence-corrected chi connectivity index (χ2v) is 12.2. The quantitative estimate of drug-likeness (QED) is 0.283. The lowest BCUT2D eigenvalue weighted by molar-refractivity contribution is 0.481. The summed E-state index contributed by atoms with van der Waals surface area (Å²) in [5.41, 5.74) is 4.90. The number of hydrogen-bond acceptors (Lipinski definition) is 2. The van der Waals surface area contributed by atoms with Gasteiger partial charge in [0.25, 0.3) is 0 Å². The van der Waals surface area contributed by atoms with Gasteiger partial charge >= 0.3 is 8.38 Å². The molecule has 1 heterocycles. The van der Waals surface area contributed by atoms with Crippen LogP contribution in [0.3, 0.4) is 0 Å². The summed E-state index contributed by atoms with van der Waals surface area (Å²) in [4.78, 5) is 0. The van der Waals surface area contributed by atoms with Crippen LogP contribution in [0.5, 0.6) is 11.5 Å². The molecule has 4 aromatic carbocycles. The predicted octanol–water partition coefficient (Wildman–Crippen LogP) is 8.51. The van der Waals surface area contributed by atoms with Crippen molar-refractivity contribution in [1.29, 1.82) is 0 Å². The van der Waals surface area contributed by atoms with Crippen molar-refractivity contribution in [2.24, 2.45) is 0 Å². The van der Waals surface area contributed by atoms with Gasteiger partial charge in [-0.3, -0.25) is 0 Å². The highest BCUT2D eigenvalue weighted by Gasteiger charge is 2.31. The van der Waals surface area contributed by atoms with E-state index in [1.54, 1.807) is 0 Å². The van der Waals surface area contributed by atoms with Crippen LogP contribution in [0.15, 0.2) is 78.9 Å². The van der Waals surface area contributed by atoms with Gasteiger partial charge in [0.2, 0.25) is 0 Å². The monoisotopic (exact) mass is 454 g/mol. The molecule has 0 spiro atoms. The van der Waals surface area contributed by atoms with Gasteiger partial charge in [-0.05, 0) is 57.0 Å². The highest BCUT2D eigenvalue weighted by molar-refractivity contribution is 7.57. The molecule has 1 aliphatic rings. The lowest BCUT2D eigenvalue weighted by atomic mass is 9.83. The Morgan fingerprint density at radius 3 is 2.09 bits per heavy atom. The van der Waals surface area contributed by atoms with Gasteiger partial charge in [-0.1, -0.05) is 96.1 Å². The zero-order valence-corrected chi connectivity index (χ0v) is 21.2. The van der Waals surface area contributed by atoms with Crippen LogP contribution in [0.4, 0.5) is 0 Å². The molecule has 0 fully saturated rings. The summed E-state index contributed by atoms with van der Waals surface area (Å²) in [6.45, 7) is 13.5. The van der Waals surface area contributed by atoms with E-state index >= 15 is 0 Å². The topological polar surface area (TPSA) is 18.5 Å². The van der Waals surface area contributed by atoms with E-state index in [0.717, 1.165) is 22.4 Å². The standard InChI is InChI=1S/C30H31O2P/c1-29(2,3)22-16-15-20-19-27(25(30(4,5)6)18-21(20)17-22)32-33-28-14-10-8-12-24(28)23-11-7-9-13-26(23)31-33/h7-19H,1-6H3. The highest BCUT2D eigenvalue weighted by Crippen LogP contribution is 2.51. The molecule has 1 aliphatic heterocycles. The van der Waals surface area contributed by atoms with E-state index in [9.17, 15) is 0 Å². The third kappa shape index (κ3) is 4.13. The van der Waals surface area contributed by atoms with E-state index in [1.807, 2.05) is 12.1 Å².